The number of rotatable bonds is 3. The van der Waals surface area contributed by atoms with E-state index < -0.39 is 12.1 Å². The van der Waals surface area contributed by atoms with E-state index in [0.29, 0.717) is 5.25 Å². The van der Waals surface area contributed by atoms with Crippen LogP contribution in [0.4, 0.5) is 9.59 Å². The van der Waals surface area contributed by atoms with Gasteiger partial charge in [0.05, 0.1) is 0 Å². The van der Waals surface area contributed by atoms with Crippen molar-refractivity contribution in [3.05, 3.63) is 0 Å². The highest BCUT2D eigenvalue weighted by Gasteiger charge is 2.20. The zero-order valence-electron chi connectivity index (χ0n) is 15.3. The van der Waals surface area contributed by atoms with E-state index in [1.165, 1.54) is 42.5 Å². The van der Waals surface area contributed by atoms with E-state index in [1.54, 1.807) is 14.1 Å². The van der Waals surface area contributed by atoms with Gasteiger partial charge in [-0.3, -0.25) is 10.0 Å². The maximum atomic E-state index is 12.2. The first-order valence-electron chi connectivity index (χ1n) is 9.24. The van der Waals surface area contributed by atoms with E-state index >= 15 is 0 Å². The van der Waals surface area contributed by atoms with Crippen LogP contribution in [0.3, 0.4) is 0 Å². The van der Waals surface area contributed by atoms with Gasteiger partial charge in [0.25, 0.3) is 0 Å². The molecule has 0 aromatic rings. The van der Waals surface area contributed by atoms with E-state index in [0.717, 1.165) is 38.5 Å². The first-order chi connectivity index (χ1) is 12.0. The standard InChI is InChI=1S/C17H30N4O3S/c1-21(2)17(23)19-16(24-13-9-5-3-6-10-13)18-15(22)20-25-14-11-7-4-8-12-14/h13-14H,3-12H2,1-2H3,(H2,18,19,20,22,23). The average Bonchev–Trinajstić information content (AvgIpc) is 2.61. The molecule has 0 bridgehead atoms. The molecule has 0 atom stereocenters. The van der Waals surface area contributed by atoms with Gasteiger partial charge in [0.15, 0.2) is 0 Å². The zero-order valence-corrected chi connectivity index (χ0v) is 16.1. The van der Waals surface area contributed by atoms with E-state index in [4.69, 9.17) is 4.74 Å². The van der Waals surface area contributed by atoms with Crippen LogP contribution in [0.15, 0.2) is 4.99 Å². The Morgan fingerprint density at radius 3 is 2.20 bits per heavy atom. The smallest absolute Gasteiger partial charge is 0.347 e. The van der Waals surface area contributed by atoms with Crippen molar-refractivity contribution >= 4 is 30.0 Å². The van der Waals surface area contributed by atoms with Gasteiger partial charge in [-0.1, -0.05) is 25.7 Å². The predicted molar refractivity (Wildman–Crippen MR) is 101 cm³/mol. The van der Waals surface area contributed by atoms with Gasteiger partial charge in [-0.15, -0.1) is 4.99 Å². The minimum atomic E-state index is -0.453. The van der Waals surface area contributed by atoms with Gasteiger partial charge >= 0.3 is 18.1 Å². The van der Waals surface area contributed by atoms with Crippen LogP contribution in [-0.4, -0.2) is 48.4 Å². The lowest BCUT2D eigenvalue weighted by Crippen LogP contribution is -2.41. The molecule has 2 saturated carbocycles. The number of carbonyl (C=O) groups is 2. The van der Waals surface area contributed by atoms with Crippen molar-refractivity contribution in [2.24, 2.45) is 4.99 Å². The minimum absolute atomic E-state index is 0.00709. The topological polar surface area (TPSA) is 83.0 Å². The Balaban J connectivity index is 1.86. The number of amides is 4. The van der Waals surface area contributed by atoms with E-state index in [1.807, 2.05) is 0 Å². The van der Waals surface area contributed by atoms with Crippen LogP contribution in [0, 0.1) is 0 Å². The number of carbonyl (C=O) groups excluding carboxylic acids is 2. The molecule has 142 valence electrons. The van der Waals surface area contributed by atoms with Gasteiger partial charge in [0, 0.05) is 19.3 Å². The third kappa shape index (κ3) is 7.54. The molecule has 25 heavy (non-hydrogen) atoms. The van der Waals surface area contributed by atoms with Crippen molar-refractivity contribution in [2.75, 3.05) is 14.1 Å². The van der Waals surface area contributed by atoms with Crippen LogP contribution in [-0.2, 0) is 4.74 Å². The van der Waals surface area contributed by atoms with Crippen LogP contribution in [0.25, 0.3) is 0 Å². The van der Waals surface area contributed by atoms with Gasteiger partial charge in [-0.2, -0.15) is 0 Å². The molecule has 0 radical (unpaired) electrons. The lowest BCUT2D eigenvalue weighted by Gasteiger charge is -2.24. The summed E-state index contributed by atoms with van der Waals surface area (Å²) in [4.78, 5) is 29.3. The molecule has 2 aliphatic carbocycles. The normalized spacial score (nSPS) is 20.0. The lowest BCUT2D eigenvalue weighted by molar-refractivity contribution is 0.135. The van der Waals surface area contributed by atoms with Crippen LogP contribution in [0.2, 0.25) is 0 Å². The Morgan fingerprint density at radius 1 is 1.00 bits per heavy atom. The maximum absolute atomic E-state index is 12.2. The molecule has 0 unspecified atom stereocenters. The summed E-state index contributed by atoms with van der Waals surface area (Å²) < 4.78 is 8.60. The maximum Gasteiger partial charge on any atom is 0.347 e. The second kappa shape index (κ2) is 10.5. The van der Waals surface area contributed by atoms with Crippen molar-refractivity contribution in [3.63, 3.8) is 0 Å². The molecule has 0 spiro atoms. The number of ether oxygens (including phenoxy) is 1. The summed E-state index contributed by atoms with van der Waals surface area (Å²) in [6.07, 6.45) is 11.2. The summed E-state index contributed by atoms with van der Waals surface area (Å²) in [6, 6.07) is -0.852. The van der Waals surface area contributed by atoms with Crippen molar-refractivity contribution in [3.8, 4) is 0 Å². The second-order valence-corrected chi connectivity index (χ2v) is 8.01. The molecular weight excluding hydrogens is 340 g/mol. The first kappa shape index (κ1) is 19.9. The summed E-state index contributed by atoms with van der Waals surface area (Å²) in [5, 5.41) is 3.06. The molecule has 2 rings (SSSR count). The van der Waals surface area contributed by atoms with E-state index in [2.05, 4.69) is 15.0 Å². The lowest BCUT2D eigenvalue weighted by atomic mass is 9.98. The highest BCUT2D eigenvalue weighted by Crippen LogP contribution is 2.26. The molecule has 0 aliphatic heterocycles. The molecular formula is C17H30N4O3S. The van der Waals surface area contributed by atoms with Crippen LogP contribution < -0.4 is 10.0 Å². The quantitative estimate of drug-likeness (QED) is 0.451. The molecule has 2 aliphatic rings. The van der Waals surface area contributed by atoms with Crippen molar-refractivity contribution in [1.82, 2.24) is 14.9 Å². The fraction of sp³-hybridized carbons (Fsp3) is 0.824. The molecule has 2 fully saturated rings. The van der Waals surface area contributed by atoms with Crippen LogP contribution in [0.1, 0.15) is 64.2 Å². The van der Waals surface area contributed by atoms with E-state index in [-0.39, 0.29) is 12.1 Å². The highest BCUT2D eigenvalue weighted by atomic mass is 32.2. The third-order valence-electron chi connectivity index (χ3n) is 4.50. The molecule has 0 aromatic carbocycles. The van der Waals surface area contributed by atoms with Crippen LogP contribution in [0.5, 0.6) is 0 Å². The van der Waals surface area contributed by atoms with Crippen molar-refractivity contribution in [1.29, 1.82) is 0 Å². The van der Waals surface area contributed by atoms with Gasteiger partial charge in [-0.05, 0) is 50.5 Å². The van der Waals surface area contributed by atoms with Gasteiger partial charge < -0.3 is 9.64 Å². The first-order valence-corrected chi connectivity index (χ1v) is 10.1. The largest absolute Gasteiger partial charge is 0.461 e. The Labute approximate surface area is 154 Å². The van der Waals surface area contributed by atoms with Gasteiger partial charge in [0.2, 0.25) is 0 Å². The molecule has 8 heteroatoms. The summed E-state index contributed by atoms with van der Waals surface area (Å²) in [7, 11) is 3.23. The summed E-state index contributed by atoms with van der Waals surface area (Å²) >= 11 is 1.45. The van der Waals surface area contributed by atoms with Crippen molar-refractivity contribution < 1.29 is 14.3 Å². The van der Waals surface area contributed by atoms with Gasteiger partial charge in [0.1, 0.15) is 6.10 Å². The number of amidine groups is 1. The number of nitrogens with one attached hydrogen (secondary N) is 2. The summed E-state index contributed by atoms with van der Waals surface area (Å²) in [5.74, 6) is 0. The Hall–Kier alpha value is -1.44. The molecule has 0 heterocycles. The molecule has 0 saturated heterocycles. The Kier molecular flexibility index (Phi) is 8.37. The predicted octanol–water partition coefficient (Wildman–Crippen LogP) is 3.65. The summed E-state index contributed by atoms with van der Waals surface area (Å²) in [6.45, 7) is 0. The fourth-order valence-corrected chi connectivity index (χ4v) is 3.95. The van der Waals surface area contributed by atoms with E-state index in [9.17, 15) is 9.59 Å². The van der Waals surface area contributed by atoms with Gasteiger partial charge in [-0.25, -0.2) is 9.59 Å². The molecule has 7 nitrogen and oxygen atoms in total. The number of hydrogen-bond acceptors (Lipinski definition) is 4. The summed E-state index contributed by atoms with van der Waals surface area (Å²) in [5.41, 5.74) is 0. The average molecular weight is 371 g/mol. The number of urea groups is 2. The monoisotopic (exact) mass is 370 g/mol. The second-order valence-electron chi connectivity index (χ2n) is 6.91. The number of nitrogens with zero attached hydrogens (tertiary/aromatic N) is 2. The van der Waals surface area contributed by atoms with Crippen LogP contribution >= 0.6 is 11.9 Å². The highest BCUT2D eigenvalue weighted by molar-refractivity contribution is 7.98. The third-order valence-corrected chi connectivity index (χ3v) is 5.61. The Bertz CT molecular complexity index is 473. The minimum Gasteiger partial charge on any atom is -0.461 e. The molecule has 4 amide bonds. The fourth-order valence-electron chi connectivity index (χ4n) is 3.05. The number of aliphatic imine (C=N–C) groups is 1. The zero-order chi connectivity index (χ0) is 18.1. The molecule has 0 aromatic heterocycles. The SMILES string of the molecule is CN(C)C(=O)N=C(NC(=O)NSC1CCCCC1)OC1CCCCC1. The molecule has 2 N–H and O–H groups in total. The Morgan fingerprint density at radius 2 is 1.60 bits per heavy atom. The number of hydrogen-bond donors (Lipinski definition) is 2. The van der Waals surface area contributed by atoms with Crippen molar-refractivity contribution in [2.45, 2.75) is 75.6 Å².